The van der Waals surface area contributed by atoms with Crippen LogP contribution in [0.2, 0.25) is 5.02 Å². The van der Waals surface area contributed by atoms with Crippen molar-refractivity contribution in [2.75, 3.05) is 17.1 Å². The van der Waals surface area contributed by atoms with Gasteiger partial charge in [-0.25, -0.2) is 8.42 Å². The fraction of sp³-hybridized carbons (Fsp3) is 0.462. The zero-order chi connectivity index (χ0) is 26.3. The Labute approximate surface area is 214 Å². The van der Waals surface area contributed by atoms with Crippen LogP contribution in [0.4, 0.5) is 5.69 Å². The van der Waals surface area contributed by atoms with E-state index in [0.717, 1.165) is 17.4 Å². The first-order valence-corrected chi connectivity index (χ1v) is 13.9. The number of nitrogens with zero attached hydrogens (tertiary/aromatic N) is 2. The van der Waals surface area contributed by atoms with Gasteiger partial charge in [0.25, 0.3) is 0 Å². The largest absolute Gasteiger partial charge is 0.352 e. The highest BCUT2D eigenvalue weighted by Crippen LogP contribution is 2.28. The van der Waals surface area contributed by atoms with Crippen LogP contribution in [-0.4, -0.2) is 50.0 Å². The Kier molecular flexibility index (Phi) is 10.2. The molecule has 0 saturated heterocycles. The van der Waals surface area contributed by atoms with Crippen molar-refractivity contribution in [3.63, 3.8) is 0 Å². The number of benzene rings is 2. The van der Waals surface area contributed by atoms with Crippen LogP contribution >= 0.6 is 11.6 Å². The van der Waals surface area contributed by atoms with Crippen LogP contribution in [0.25, 0.3) is 0 Å². The molecule has 0 aliphatic rings. The van der Waals surface area contributed by atoms with Gasteiger partial charge in [0.1, 0.15) is 6.04 Å². The fourth-order valence-corrected chi connectivity index (χ4v) is 5.03. The maximum absolute atomic E-state index is 13.3. The molecule has 0 bridgehead atoms. The second-order valence-electron chi connectivity index (χ2n) is 9.17. The summed E-state index contributed by atoms with van der Waals surface area (Å²) < 4.78 is 26.3. The molecule has 0 heterocycles. The van der Waals surface area contributed by atoms with Gasteiger partial charge in [-0.2, -0.15) is 0 Å². The zero-order valence-corrected chi connectivity index (χ0v) is 22.9. The van der Waals surface area contributed by atoms with E-state index >= 15 is 0 Å². The molecule has 2 aromatic carbocycles. The van der Waals surface area contributed by atoms with Gasteiger partial charge in [0.15, 0.2) is 0 Å². The monoisotopic (exact) mass is 521 g/mol. The molecule has 2 aromatic rings. The number of hydrogen-bond donors (Lipinski definition) is 1. The minimum Gasteiger partial charge on any atom is -0.352 e. The van der Waals surface area contributed by atoms with Crippen molar-refractivity contribution in [1.29, 1.82) is 0 Å². The summed E-state index contributed by atoms with van der Waals surface area (Å²) in [4.78, 5) is 27.6. The molecule has 2 amide bonds. The average molecular weight is 522 g/mol. The normalized spacial score (nSPS) is 12.3. The number of rotatable bonds is 11. The Morgan fingerprint density at radius 3 is 2.31 bits per heavy atom. The molecule has 2 rings (SSSR count). The summed E-state index contributed by atoms with van der Waals surface area (Å²) >= 11 is 6.20. The molecule has 0 aliphatic heterocycles. The van der Waals surface area contributed by atoms with Gasteiger partial charge in [-0.3, -0.25) is 13.9 Å². The molecule has 0 spiro atoms. The fourth-order valence-electron chi connectivity index (χ4n) is 3.84. The van der Waals surface area contributed by atoms with E-state index in [0.29, 0.717) is 22.7 Å². The first-order valence-electron chi connectivity index (χ1n) is 11.7. The van der Waals surface area contributed by atoms with E-state index in [9.17, 15) is 18.0 Å². The van der Waals surface area contributed by atoms with Crippen LogP contribution in [0.15, 0.2) is 42.5 Å². The quantitative estimate of drug-likeness (QED) is 0.473. The predicted molar refractivity (Wildman–Crippen MR) is 142 cm³/mol. The lowest BCUT2D eigenvalue weighted by Crippen LogP contribution is -2.49. The van der Waals surface area contributed by atoms with Gasteiger partial charge in [-0.05, 0) is 64.3 Å². The van der Waals surface area contributed by atoms with E-state index in [2.05, 4.69) is 5.32 Å². The first kappa shape index (κ1) is 28.7. The average Bonchev–Trinajstić information content (AvgIpc) is 2.75. The van der Waals surface area contributed by atoms with Crippen molar-refractivity contribution in [2.45, 2.75) is 66.1 Å². The summed E-state index contributed by atoms with van der Waals surface area (Å²) in [7, 11) is -3.59. The Morgan fingerprint density at radius 1 is 1.06 bits per heavy atom. The van der Waals surface area contributed by atoms with Crippen LogP contribution in [0.1, 0.15) is 50.3 Å². The van der Waals surface area contributed by atoms with Gasteiger partial charge >= 0.3 is 0 Å². The summed E-state index contributed by atoms with van der Waals surface area (Å²) in [5, 5.41) is 3.34. The van der Waals surface area contributed by atoms with Crippen LogP contribution in [-0.2, 0) is 26.2 Å². The van der Waals surface area contributed by atoms with E-state index < -0.39 is 16.1 Å². The lowest BCUT2D eigenvalue weighted by Gasteiger charge is -2.30. The molecule has 1 N–H and O–H groups in total. The lowest BCUT2D eigenvalue weighted by atomic mass is 10.1. The molecule has 35 heavy (non-hydrogen) atoms. The van der Waals surface area contributed by atoms with E-state index in [-0.39, 0.29) is 37.4 Å². The third kappa shape index (κ3) is 8.25. The number of sulfonamides is 1. The topological polar surface area (TPSA) is 86.8 Å². The molecule has 9 heteroatoms. The van der Waals surface area contributed by atoms with E-state index in [1.54, 1.807) is 36.9 Å². The molecule has 0 radical (unpaired) electrons. The molecular weight excluding hydrogens is 486 g/mol. The SMILES string of the molecule is Cc1cccc(CN(C(=O)CCCN(c2cccc(Cl)c2C)S(C)(=O)=O)[C@H](C)C(=O)NC(C)C)c1. The highest BCUT2D eigenvalue weighted by atomic mass is 35.5. The van der Waals surface area contributed by atoms with Crippen molar-refractivity contribution in [2.24, 2.45) is 0 Å². The van der Waals surface area contributed by atoms with Gasteiger partial charge < -0.3 is 10.2 Å². The molecule has 0 saturated carbocycles. The molecule has 1 atom stereocenters. The molecule has 0 aromatic heterocycles. The van der Waals surface area contributed by atoms with Crippen molar-refractivity contribution in [3.05, 3.63) is 64.2 Å². The van der Waals surface area contributed by atoms with Crippen LogP contribution in [0.3, 0.4) is 0 Å². The van der Waals surface area contributed by atoms with Gasteiger partial charge in [-0.1, -0.05) is 47.5 Å². The first-order chi connectivity index (χ1) is 16.3. The number of hydrogen-bond acceptors (Lipinski definition) is 4. The summed E-state index contributed by atoms with van der Waals surface area (Å²) in [6.07, 6.45) is 1.52. The number of carbonyl (C=O) groups is 2. The highest BCUT2D eigenvalue weighted by molar-refractivity contribution is 7.92. The predicted octanol–water partition coefficient (Wildman–Crippen LogP) is 4.44. The van der Waals surface area contributed by atoms with Crippen molar-refractivity contribution >= 4 is 39.1 Å². The number of carbonyl (C=O) groups excluding carboxylic acids is 2. The minimum absolute atomic E-state index is 0.0508. The summed E-state index contributed by atoms with van der Waals surface area (Å²) in [5.41, 5.74) is 3.14. The molecule has 0 fully saturated rings. The van der Waals surface area contributed by atoms with Gasteiger partial charge in [-0.15, -0.1) is 0 Å². The van der Waals surface area contributed by atoms with Crippen molar-refractivity contribution in [1.82, 2.24) is 10.2 Å². The Bertz CT molecular complexity index is 1150. The van der Waals surface area contributed by atoms with Crippen LogP contribution in [0.5, 0.6) is 0 Å². The molecule has 0 aliphatic carbocycles. The Morgan fingerprint density at radius 2 is 1.71 bits per heavy atom. The van der Waals surface area contributed by atoms with E-state index in [1.165, 1.54) is 4.31 Å². The molecular formula is C26H36ClN3O4S. The number of amides is 2. The molecule has 0 unspecified atom stereocenters. The lowest BCUT2D eigenvalue weighted by molar-refractivity contribution is -0.140. The standard InChI is InChI=1S/C26H36ClN3O4S/c1-18(2)28-26(32)21(5)29(17-22-11-7-10-19(3)16-22)25(31)14-9-15-30(35(6,33)34)24-13-8-12-23(27)20(24)4/h7-8,10-13,16,18,21H,9,14-15,17H2,1-6H3,(H,28,32)/t21-/m1/s1. The maximum atomic E-state index is 13.3. The van der Waals surface area contributed by atoms with E-state index in [4.69, 9.17) is 11.6 Å². The Balaban J connectivity index is 2.21. The van der Waals surface area contributed by atoms with Gasteiger partial charge in [0.05, 0.1) is 11.9 Å². The minimum atomic E-state index is -3.59. The van der Waals surface area contributed by atoms with Crippen molar-refractivity contribution in [3.8, 4) is 0 Å². The Hall–Kier alpha value is -2.58. The van der Waals surface area contributed by atoms with Gasteiger partial charge in [0.2, 0.25) is 21.8 Å². The zero-order valence-electron chi connectivity index (χ0n) is 21.3. The summed E-state index contributed by atoms with van der Waals surface area (Å²) in [6, 6.07) is 12.2. The van der Waals surface area contributed by atoms with Crippen LogP contribution in [0, 0.1) is 13.8 Å². The third-order valence-corrected chi connectivity index (χ3v) is 7.28. The molecule has 7 nitrogen and oxygen atoms in total. The van der Waals surface area contributed by atoms with E-state index in [1.807, 2.05) is 45.0 Å². The third-order valence-electron chi connectivity index (χ3n) is 5.69. The number of halogens is 1. The summed E-state index contributed by atoms with van der Waals surface area (Å²) in [5.74, 6) is -0.442. The highest BCUT2D eigenvalue weighted by Gasteiger charge is 2.27. The number of aryl methyl sites for hydroxylation is 1. The maximum Gasteiger partial charge on any atom is 0.242 e. The van der Waals surface area contributed by atoms with Gasteiger partial charge in [0, 0.05) is 30.6 Å². The van der Waals surface area contributed by atoms with Crippen LogP contribution < -0.4 is 9.62 Å². The second kappa shape index (κ2) is 12.4. The molecule has 192 valence electrons. The smallest absolute Gasteiger partial charge is 0.242 e. The number of anilines is 1. The summed E-state index contributed by atoms with van der Waals surface area (Å²) in [6.45, 7) is 9.60. The second-order valence-corrected chi connectivity index (χ2v) is 11.5. The number of nitrogens with one attached hydrogen (secondary N) is 1. The van der Waals surface area contributed by atoms with Crippen molar-refractivity contribution < 1.29 is 18.0 Å².